The number of carboxylic acids is 1. The number of aromatic nitrogens is 1. The molecule has 29 heavy (non-hydrogen) atoms. The molecule has 1 aromatic heterocycles. The Balaban J connectivity index is 1.75. The van der Waals surface area contributed by atoms with Crippen LogP contribution < -0.4 is 9.64 Å². The van der Waals surface area contributed by atoms with E-state index in [0.29, 0.717) is 11.4 Å². The highest BCUT2D eigenvalue weighted by molar-refractivity contribution is 7.18. The molecule has 150 valence electrons. The van der Waals surface area contributed by atoms with E-state index < -0.39 is 41.9 Å². The molecule has 2 aromatic carbocycles. The van der Waals surface area contributed by atoms with E-state index in [1.807, 2.05) is 6.92 Å². The number of benzene rings is 2. The molecule has 1 aliphatic rings. The third-order valence-corrected chi connectivity index (χ3v) is 5.42. The summed E-state index contributed by atoms with van der Waals surface area (Å²) in [5, 5.41) is 9.29. The molecule has 0 radical (unpaired) electrons. The van der Waals surface area contributed by atoms with Crippen LogP contribution in [-0.2, 0) is 16.1 Å². The van der Waals surface area contributed by atoms with Gasteiger partial charge in [0.2, 0.25) is 0 Å². The van der Waals surface area contributed by atoms with Gasteiger partial charge in [0, 0.05) is 0 Å². The van der Waals surface area contributed by atoms with Crippen molar-refractivity contribution in [3.05, 3.63) is 52.3 Å². The van der Waals surface area contributed by atoms with Gasteiger partial charge < -0.3 is 9.84 Å². The molecule has 1 amide bonds. The number of carboxylic acid groups (broad SMARTS) is 1. The number of hydrogen-bond donors (Lipinski definition) is 1. The van der Waals surface area contributed by atoms with Crippen molar-refractivity contribution in [3.8, 4) is 5.75 Å². The van der Waals surface area contributed by atoms with E-state index in [9.17, 15) is 22.8 Å². The van der Waals surface area contributed by atoms with Gasteiger partial charge >= 0.3 is 5.97 Å². The van der Waals surface area contributed by atoms with Crippen LogP contribution in [0.5, 0.6) is 5.75 Å². The molecule has 0 saturated carbocycles. The average Bonchev–Trinajstić information content (AvgIpc) is 3.06. The highest BCUT2D eigenvalue weighted by Crippen LogP contribution is 2.37. The Morgan fingerprint density at radius 2 is 2.03 bits per heavy atom. The third-order valence-electron chi connectivity index (χ3n) is 4.44. The van der Waals surface area contributed by atoms with Gasteiger partial charge in [-0.3, -0.25) is 14.5 Å². The molecule has 0 bridgehead atoms. The molecule has 0 saturated heterocycles. The average molecular weight is 422 g/mol. The van der Waals surface area contributed by atoms with Gasteiger partial charge in [0.1, 0.15) is 16.3 Å². The number of ether oxygens (including phenoxy) is 1. The Labute approximate surface area is 166 Å². The fraction of sp³-hybridized carbons (Fsp3) is 0.211. The van der Waals surface area contributed by atoms with Crippen LogP contribution in [0.25, 0.3) is 10.2 Å². The zero-order chi connectivity index (χ0) is 20.9. The molecule has 2 heterocycles. The number of hydrogen-bond acceptors (Lipinski definition) is 5. The fourth-order valence-corrected chi connectivity index (χ4v) is 4.09. The van der Waals surface area contributed by atoms with Gasteiger partial charge in [-0.1, -0.05) is 6.07 Å². The minimum atomic E-state index is -1.61. The summed E-state index contributed by atoms with van der Waals surface area (Å²) in [4.78, 5) is 29.2. The van der Waals surface area contributed by atoms with Gasteiger partial charge in [0.15, 0.2) is 23.6 Å². The Kier molecular flexibility index (Phi) is 4.65. The van der Waals surface area contributed by atoms with E-state index in [-0.39, 0.29) is 21.8 Å². The van der Waals surface area contributed by atoms with E-state index in [1.54, 1.807) is 18.2 Å². The molecule has 1 unspecified atom stereocenters. The maximum Gasteiger partial charge on any atom is 0.307 e. The molecular formula is C19H13F3N2O4S. The lowest BCUT2D eigenvalue weighted by molar-refractivity contribution is -0.142. The van der Waals surface area contributed by atoms with Crippen molar-refractivity contribution in [3.63, 3.8) is 0 Å². The molecule has 1 N–H and O–H groups in total. The summed E-state index contributed by atoms with van der Waals surface area (Å²) in [7, 11) is 0. The first-order valence-electron chi connectivity index (χ1n) is 8.48. The van der Waals surface area contributed by atoms with E-state index in [0.717, 1.165) is 23.0 Å². The number of anilines is 1. The quantitative estimate of drug-likeness (QED) is 0.647. The van der Waals surface area contributed by atoms with Crippen LogP contribution in [0.1, 0.15) is 17.0 Å². The maximum atomic E-state index is 14.0. The predicted molar refractivity (Wildman–Crippen MR) is 98.5 cm³/mol. The zero-order valence-corrected chi connectivity index (χ0v) is 15.7. The van der Waals surface area contributed by atoms with Crippen molar-refractivity contribution >= 4 is 39.1 Å². The molecule has 0 aliphatic carbocycles. The van der Waals surface area contributed by atoms with Crippen molar-refractivity contribution < 1.29 is 32.6 Å². The number of halogens is 3. The molecule has 0 fully saturated rings. The summed E-state index contributed by atoms with van der Waals surface area (Å²) in [5.41, 5.74) is 0.922. The minimum absolute atomic E-state index is 0.101. The Morgan fingerprint density at radius 3 is 2.76 bits per heavy atom. The first-order valence-corrected chi connectivity index (χ1v) is 9.29. The number of fused-ring (bicyclic) bond motifs is 2. The lowest BCUT2D eigenvalue weighted by Gasteiger charge is -2.33. The summed E-state index contributed by atoms with van der Waals surface area (Å²) in [5.74, 6) is -5.80. The second kappa shape index (κ2) is 7.03. The molecular weight excluding hydrogens is 409 g/mol. The van der Waals surface area contributed by atoms with Crippen LogP contribution >= 0.6 is 11.3 Å². The third kappa shape index (κ3) is 3.39. The summed E-state index contributed by atoms with van der Waals surface area (Å²) in [6, 6.07) is 5.92. The highest BCUT2D eigenvalue weighted by atomic mass is 32.1. The first kappa shape index (κ1) is 19.2. The summed E-state index contributed by atoms with van der Waals surface area (Å²) >= 11 is 0.915. The zero-order valence-electron chi connectivity index (χ0n) is 14.9. The number of amides is 1. The second-order valence-corrected chi connectivity index (χ2v) is 7.66. The molecule has 1 aliphatic heterocycles. The van der Waals surface area contributed by atoms with Crippen LogP contribution in [0.4, 0.5) is 18.9 Å². The van der Waals surface area contributed by atoms with E-state index in [1.165, 1.54) is 4.90 Å². The smallest absolute Gasteiger partial charge is 0.307 e. The van der Waals surface area contributed by atoms with Gasteiger partial charge in [-0.05, 0) is 30.7 Å². The van der Waals surface area contributed by atoms with Crippen LogP contribution in [0.3, 0.4) is 0 Å². The minimum Gasteiger partial charge on any atom is -0.481 e. The lowest BCUT2D eigenvalue weighted by Crippen LogP contribution is -2.46. The van der Waals surface area contributed by atoms with Gasteiger partial charge in [-0.2, -0.15) is 0 Å². The molecule has 1 atom stereocenters. The number of carbonyl (C=O) groups is 2. The van der Waals surface area contributed by atoms with Crippen molar-refractivity contribution in [2.45, 2.75) is 26.0 Å². The fourth-order valence-electron chi connectivity index (χ4n) is 3.11. The number of thiazole rings is 1. The molecule has 10 heteroatoms. The Morgan fingerprint density at radius 1 is 1.28 bits per heavy atom. The topological polar surface area (TPSA) is 79.7 Å². The van der Waals surface area contributed by atoms with Gasteiger partial charge in [0.05, 0.1) is 23.4 Å². The SMILES string of the molecule is Cc1ccc2c(c1)N(Cc1nc3c(F)c(F)c(F)cc3s1)C(=O)C(CC(=O)O)O2. The molecule has 3 aromatic rings. The highest BCUT2D eigenvalue weighted by Gasteiger charge is 2.36. The molecule has 4 rings (SSSR count). The summed E-state index contributed by atoms with van der Waals surface area (Å²) in [6.45, 7) is 1.68. The van der Waals surface area contributed by atoms with E-state index >= 15 is 0 Å². The second-order valence-electron chi connectivity index (χ2n) is 6.54. The summed E-state index contributed by atoms with van der Waals surface area (Å²) in [6.07, 6.45) is -1.77. The standard InChI is InChI=1S/C19H13F3N2O4S/c1-8-2-3-11-10(4-8)24(19(27)12(28-11)6-15(25)26)7-14-23-18-13(29-14)5-9(20)16(21)17(18)22/h2-5,12H,6-7H2,1H3,(H,25,26). The van der Waals surface area contributed by atoms with Crippen molar-refractivity contribution in [1.82, 2.24) is 4.98 Å². The Bertz CT molecular complexity index is 1160. The van der Waals surface area contributed by atoms with Crippen LogP contribution in [0, 0.1) is 24.4 Å². The van der Waals surface area contributed by atoms with Gasteiger partial charge in [0.25, 0.3) is 5.91 Å². The van der Waals surface area contributed by atoms with Gasteiger partial charge in [-0.15, -0.1) is 11.3 Å². The van der Waals surface area contributed by atoms with Crippen LogP contribution in [-0.4, -0.2) is 28.1 Å². The summed E-state index contributed by atoms with van der Waals surface area (Å²) < 4.78 is 46.6. The van der Waals surface area contributed by atoms with Crippen LogP contribution in [0.15, 0.2) is 24.3 Å². The predicted octanol–water partition coefficient (Wildman–Crippen LogP) is 3.79. The molecule has 6 nitrogen and oxygen atoms in total. The Hall–Kier alpha value is -3.14. The van der Waals surface area contributed by atoms with Crippen molar-refractivity contribution in [2.24, 2.45) is 0 Å². The monoisotopic (exact) mass is 422 g/mol. The van der Waals surface area contributed by atoms with E-state index in [2.05, 4.69) is 4.98 Å². The number of rotatable bonds is 4. The largest absolute Gasteiger partial charge is 0.481 e. The van der Waals surface area contributed by atoms with E-state index in [4.69, 9.17) is 9.84 Å². The first-order chi connectivity index (χ1) is 13.7. The molecule has 0 spiro atoms. The number of carbonyl (C=O) groups excluding carboxylic acids is 1. The van der Waals surface area contributed by atoms with Crippen LogP contribution in [0.2, 0.25) is 0 Å². The normalized spacial score (nSPS) is 16.1. The van der Waals surface area contributed by atoms with Crippen molar-refractivity contribution in [2.75, 3.05) is 4.90 Å². The number of aryl methyl sites for hydroxylation is 1. The lowest BCUT2D eigenvalue weighted by atomic mass is 10.1. The van der Waals surface area contributed by atoms with Crippen molar-refractivity contribution in [1.29, 1.82) is 0 Å². The number of aliphatic carboxylic acids is 1. The number of nitrogens with zero attached hydrogens (tertiary/aromatic N) is 2. The maximum absolute atomic E-state index is 14.0. The van der Waals surface area contributed by atoms with Gasteiger partial charge in [-0.25, -0.2) is 18.2 Å².